The maximum Gasteiger partial charge on any atom is 0.265 e. The molecule has 5 heteroatoms. The molecular weight excluding hydrogens is 260 g/mol. The van der Waals surface area contributed by atoms with Gasteiger partial charge >= 0.3 is 0 Å². The Labute approximate surface area is 117 Å². The van der Waals surface area contributed by atoms with Crippen LogP contribution < -0.4 is 10.1 Å². The molecule has 1 amide bonds. The molecule has 1 aromatic rings. The van der Waals surface area contributed by atoms with Crippen LogP contribution in [0, 0.1) is 0 Å². The first-order valence-electron chi connectivity index (χ1n) is 6.59. The summed E-state index contributed by atoms with van der Waals surface area (Å²) in [5.74, 6) is 3.03. The van der Waals surface area contributed by atoms with E-state index >= 15 is 0 Å². The molecule has 2 atom stereocenters. The highest BCUT2D eigenvalue weighted by Crippen LogP contribution is 2.29. The second-order valence-corrected chi connectivity index (χ2v) is 6.10. The first-order chi connectivity index (χ1) is 9.25. The third kappa shape index (κ3) is 2.52. The van der Waals surface area contributed by atoms with Crippen molar-refractivity contribution < 1.29 is 9.53 Å². The van der Waals surface area contributed by atoms with Crippen LogP contribution in [0.3, 0.4) is 0 Å². The van der Waals surface area contributed by atoms with Crippen LogP contribution in [0.25, 0.3) is 0 Å². The average Bonchev–Trinajstić information content (AvgIpc) is 2.99. The Kier molecular flexibility index (Phi) is 3.55. The number of rotatable bonds is 2. The van der Waals surface area contributed by atoms with Gasteiger partial charge in [-0.3, -0.25) is 4.79 Å². The van der Waals surface area contributed by atoms with Crippen LogP contribution in [0.5, 0.6) is 5.75 Å². The molecule has 1 saturated heterocycles. The van der Waals surface area contributed by atoms with Crippen molar-refractivity contribution in [3.05, 3.63) is 24.3 Å². The molecule has 1 fully saturated rings. The number of fused-ring (bicyclic) bond motifs is 1. The fraction of sp³-hybridized carbons (Fsp3) is 0.500. The van der Waals surface area contributed by atoms with E-state index in [1.807, 2.05) is 48.0 Å². The van der Waals surface area contributed by atoms with E-state index in [4.69, 9.17) is 4.74 Å². The lowest BCUT2D eigenvalue weighted by Crippen LogP contribution is -2.49. The molecule has 2 unspecified atom stereocenters. The highest BCUT2D eigenvalue weighted by atomic mass is 32.2. The average molecular weight is 278 g/mol. The fourth-order valence-electron chi connectivity index (χ4n) is 2.49. The van der Waals surface area contributed by atoms with Crippen molar-refractivity contribution in [3.63, 3.8) is 0 Å². The standard InChI is InChI=1S/C14H18N2O2S/c1-16(10-6-7-19-9-10)14(17)13-8-15-11-4-2-3-5-12(11)18-13/h2-5,10,13,15H,6-9H2,1H3. The largest absolute Gasteiger partial charge is 0.477 e. The van der Waals surface area contributed by atoms with Gasteiger partial charge in [0, 0.05) is 18.8 Å². The molecule has 4 nitrogen and oxygen atoms in total. The number of hydrogen-bond acceptors (Lipinski definition) is 4. The number of para-hydroxylation sites is 2. The topological polar surface area (TPSA) is 41.6 Å². The van der Waals surface area contributed by atoms with E-state index in [0.717, 1.165) is 29.4 Å². The maximum atomic E-state index is 12.4. The predicted molar refractivity (Wildman–Crippen MR) is 77.8 cm³/mol. The summed E-state index contributed by atoms with van der Waals surface area (Å²) in [6.07, 6.45) is 0.675. The Bertz CT molecular complexity index is 474. The number of anilines is 1. The smallest absolute Gasteiger partial charge is 0.265 e. The molecule has 0 spiro atoms. The number of likely N-dealkylation sites (N-methyl/N-ethyl adjacent to an activating group) is 1. The zero-order valence-corrected chi connectivity index (χ0v) is 11.8. The van der Waals surface area contributed by atoms with Crippen LogP contribution >= 0.6 is 11.8 Å². The predicted octanol–water partition coefficient (Wildman–Crippen LogP) is 1.82. The van der Waals surface area contributed by atoms with E-state index < -0.39 is 6.10 Å². The van der Waals surface area contributed by atoms with Gasteiger partial charge in [-0.25, -0.2) is 0 Å². The molecule has 19 heavy (non-hydrogen) atoms. The van der Waals surface area contributed by atoms with Crippen LogP contribution in [-0.4, -0.2) is 48.1 Å². The summed E-state index contributed by atoms with van der Waals surface area (Å²) in [7, 11) is 1.89. The highest BCUT2D eigenvalue weighted by Gasteiger charge is 2.32. The minimum Gasteiger partial charge on any atom is -0.477 e. The van der Waals surface area contributed by atoms with Crippen LogP contribution in [0.15, 0.2) is 24.3 Å². The molecule has 0 saturated carbocycles. The molecular formula is C14H18N2O2S. The van der Waals surface area contributed by atoms with Crippen LogP contribution in [0.2, 0.25) is 0 Å². The van der Waals surface area contributed by atoms with Gasteiger partial charge in [0.25, 0.3) is 5.91 Å². The molecule has 0 bridgehead atoms. The second-order valence-electron chi connectivity index (χ2n) is 4.95. The minimum atomic E-state index is -0.412. The summed E-state index contributed by atoms with van der Waals surface area (Å²) >= 11 is 1.91. The summed E-state index contributed by atoms with van der Waals surface area (Å²) in [6, 6.07) is 8.10. The Morgan fingerprint density at radius 1 is 1.47 bits per heavy atom. The number of nitrogens with one attached hydrogen (secondary N) is 1. The molecule has 0 aromatic heterocycles. The van der Waals surface area contributed by atoms with Crippen molar-refractivity contribution in [1.82, 2.24) is 4.90 Å². The molecule has 1 N–H and O–H groups in total. The number of ether oxygens (including phenoxy) is 1. The van der Waals surface area contributed by atoms with Gasteiger partial charge in [-0.05, 0) is 24.3 Å². The van der Waals surface area contributed by atoms with Crippen molar-refractivity contribution in [3.8, 4) is 5.75 Å². The fourth-order valence-corrected chi connectivity index (χ4v) is 3.75. The van der Waals surface area contributed by atoms with Gasteiger partial charge < -0.3 is 15.0 Å². The molecule has 102 valence electrons. The van der Waals surface area contributed by atoms with E-state index in [0.29, 0.717) is 12.6 Å². The number of nitrogens with zero attached hydrogens (tertiary/aromatic N) is 1. The van der Waals surface area contributed by atoms with Gasteiger partial charge in [0.05, 0.1) is 12.2 Å². The molecule has 1 aromatic carbocycles. The number of amides is 1. The van der Waals surface area contributed by atoms with E-state index in [-0.39, 0.29) is 5.91 Å². The SMILES string of the molecule is CN(C(=O)C1CNc2ccccc2O1)C1CCSC1. The monoisotopic (exact) mass is 278 g/mol. The van der Waals surface area contributed by atoms with Crippen molar-refractivity contribution >= 4 is 23.4 Å². The summed E-state index contributed by atoms with van der Waals surface area (Å²) in [6.45, 7) is 0.542. The molecule has 2 aliphatic rings. The maximum absolute atomic E-state index is 12.4. The van der Waals surface area contributed by atoms with E-state index in [1.54, 1.807) is 0 Å². The van der Waals surface area contributed by atoms with Crippen LogP contribution in [-0.2, 0) is 4.79 Å². The molecule has 0 radical (unpaired) electrons. The van der Waals surface area contributed by atoms with E-state index in [1.165, 1.54) is 0 Å². The Morgan fingerprint density at radius 2 is 2.32 bits per heavy atom. The Hall–Kier alpha value is -1.36. The number of thioether (sulfide) groups is 1. The summed E-state index contributed by atoms with van der Waals surface area (Å²) in [4.78, 5) is 14.3. The van der Waals surface area contributed by atoms with Gasteiger partial charge in [-0.1, -0.05) is 12.1 Å². The van der Waals surface area contributed by atoms with E-state index in [9.17, 15) is 4.79 Å². The molecule has 2 heterocycles. The third-order valence-electron chi connectivity index (χ3n) is 3.71. The highest BCUT2D eigenvalue weighted by molar-refractivity contribution is 7.99. The van der Waals surface area contributed by atoms with Gasteiger partial charge in [-0.15, -0.1) is 0 Å². The quantitative estimate of drug-likeness (QED) is 0.896. The van der Waals surface area contributed by atoms with Gasteiger partial charge in [0.1, 0.15) is 5.75 Å². The summed E-state index contributed by atoms with van der Waals surface area (Å²) < 4.78 is 5.81. The van der Waals surface area contributed by atoms with Crippen molar-refractivity contribution in [1.29, 1.82) is 0 Å². The number of carbonyl (C=O) groups is 1. The minimum absolute atomic E-state index is 0.0782. The Morgan fingerprint density at radius 3 is 3.11 bits per heavy atom. The molecule has 3 rings (SSSR count). The van der Waals surface area contributed by atoms with Gasteiger partial charge in [-0.2, -0.15) is 11.8 Å². The van der Waals surface area contributed by atoms with E-state index in [2.05, 4.69) is 5.32 Å². The zero-order chi connectivity index (χ0) is 13.2. The van der Waals surface area contributed by atoms with Crippen molar-refractivity contribution in [2.45, 2.75) is 18.6 Å². The number of benzene rings is 1. The lowest BCUT2D eigenvalue weighted by Gasteiger charge is -2.32. The summed E-state index contributed by atoms with van der Waals surface area (Å²) in [5, 5.41) is 3.26. The van der Waals surface area contributed by atoms with Crippen LogP contribution in [0.4, 0.5) is 5.69 Å². The third-order valence-corrected chi connectivity index (χ3v) is 4.86. The number of hydrogen-bond donors (Lipinski definition) is 1. The van der Waals surface area contributed by atoms with Gasteiger partial charge in [0.2, 0.25) is 0 Å². The normalized spacial score (nSPS) is 25.1. The van der Waals surface area contributed by atoms with Crippen LogP contribution in [0.1, 0.15) is 6.42 Å². The van der Waals surface area contributed by atoms with Crippen molar-refractivity contribution in [2.24, 2.45) is 0 Å². The molecule has 0 aliphatic carbocycles. The first kappa shape index (κ1) is 12.7. The molecule has 2 aliphatic heterocycles. The number of carbonyl (C=O) groups excluding carboxylic acids is 1. The summed E-state index contributed by atoms with van der Waals surface area (Å²) in [5.41, 5.74) is 0.964. The van der Waals surface area contributed by atoms with Gasteiger partial charge in [0.15, 0.2) is 6.10 Å². The second kappa shape index (κ2) is 5.33. The lowest BCUT2D eigenvalue weighted by atomic mass is 10.1. The Balaban J connectivity index is 1.68. The first-order valence-corrected chi connectivity index (χ1v) is 7.75. The van der Waals surface area contributed by atoms with Crippen molar-refractivity contribution in [2.75, 3.05) is 30.4 Å². The zero-order valence-electron chi connectivity index (χ0n) is 11.0. The lowest BCUT2D eigenvalue weighted by molar-refractivity contribution is -0.138.